The number of Topliss-reactive ketones (excluding diaryl/α,β-unsaturated/α-hetero) is 2. The number of rotatable bonds is 41. The van der Waals surface area contributed by atoms with Crippen molar-refractivity contribution in [3.63, 3.8) is 0 Å². The quantitative estimate of drug-likeness (QED) is 0.00615. The number of nitrogens with two attached hydrogens (primary N) is 1. The monoisotopic (exact) mass is 1770 g/mol. The number of ketones is 2. The number of ether oxygens (including phenoxy) is 7. The molecule has 6 aromatic carbocycles. The molecule has 2 unspecified atom stereocenters. The lowest BCUT2D eigenvalue weighted by Gasteiger charge is -2.34. The summed E-state index contributed by atoms with van der Waals surface area (Å²) in [6, 6.07) is 37.8. The number of halogens is 1. The van der Waals surface area contributed by atoms with Crippen molar-refractivity contribution in [1.29, 1.82) is 0 Å². The van der Waals surface area contributed by atoms with Crippen molar-refractivity contribution in [2.45, 2.75) is 170 Å². The fourth-order valence-corrected chi connectivity index (χ4v) is 13.8. The number of aromatic nitrogens is 1. The van der Waals surface area contributed by atoms with Gasteiger partial charge in [-0.25, -0.2) is 25.0 Å². The third-order valence-electron chi connectivity index (χ3n) is 20.6. The average molecular weight is 1770 g/mol. The van der Waals surface area contributed by atoms with Gasteiger partial charge in [0.25, 0.3) is 5.24 Å². The van der Waals surface area contributed by atoms with Crippen LogP contribution in [0.2, 0.25) is 0 Å². The second-order valence-corrected chi connectivity index (χ2v) is 30.0. The third-order valence-corrected chi connectivity index (χ3v) is 20.8. The number of fused-ring (bicyclic) bond motifs is 6. The number of aliphatic carboxylic acids is 2. The SMILES string of the molecule is CCCC[C@@H](N)CN(O)C=O.CCCC[C@H](CN(C=O)OCc1ccccc1)C(=O)O.CCCC[C@H](CN(C=O)OCc1ccccc1)NC(=O)OCc1ccccc1.CCCC[C@H](CN(O)C=O)NC(=O)C1CN(CC)c2cc3c(cc2C1=O)OCO3.CCN1CC(C(=O)O)C(=O)c2cc3c(cc21)OCO3.CCn1cc(C(=O)Cl)c(=O)c2cc3c(cc21)OCO3. The Hall–Kier alpha value is -12.4. The molecule has 0 saturated carbocycles. The van der Waals surface area contributed by atoms with Crippen LogP contribution in [0.5, 0.6) is 34.5 Å². The molecule has 5 aliphatic rings. The van der Waals surface area contributed by atoms with Crippen molar-refractivity contribution >= 4 is 100 Å². The number of hydrogen-bond donors (Lipinski definition) is 7. The first kappa shape index (κ1) is 101. The molecule has 0 bridgehead atoms. The minimum atomic E-state index is -1.09. The van der Waals surface area contributed by atoms with Crippen LogP contribution < -0.4 is 60.0 Å². The van der Waals surface area contributed by atoms with Gasteiger partial charge in [-0.3, -0.25) is 72.8 Å². The molecule has 6 amide bonds. The number of amides is 6. The number of carbonyl (C=O) groups excluding carboxylic acids is 9. The second-order valence-electron chi connectivity index (χ2n) is 29.7. The van der Waals surface area contributed by atoms with E-state index in [1.54, 1.807) is 41.0 Å². The van der Waals surface area contributed by atoms with Crippen molar-refractivity contribution in [1.82, 2.24) is 35.5 Å². The summed E-state index contributed by atoms with van der Waals surface area (Å²) in [4.78, 5) is 154. The summed E-state index contributed by atoms with van der Waals surface area (Å²) in [6.07, 6.45) is 13.0. The van der Waals surface area contributed by atoms with E-state index in [-0.39, 0.29) is 102 Å². The molecule has 0 fully saturated rings. The summed E-state index contributed by atoms with van der Waals surface area (Å²) >= 11 is 5.45. The van der Waals surface area contributed by atoms with Crippen molar-refractivity contribution < 1.29 is 116 Å². The number of hydroxylamine groups is 8. The van der Waals surface area contributed by atoms with Crippen molar-refractivity contribution in [2.75, 3.05) is 82.5 Å². The van der Waals surface area contributed by atoms with E-state index in [1.165, 1.54) is 11.3 Å². The normalized spacial score (nSPS) is 14.8. The minimum Gasteiger partial charge on any atom is -0.481 e. The lowest BCUT2D eigenvalue weighted by atomic mass is 9.89. The van der Waals surface area contributed by atoms with Crippen molar-refractivity contribution in [3.8, 4) is 34.5 Å². The maximum absolute atomic E-state index is 13.1. The number of nitrogens with zero attached hydrogens (tertiary/aromatic N) is 7. The lowest BCUT2D eigenvalue weighted by Crippen LogP contribution is -2.51. The first-order valence-corrected chi connectivity index (χ1v) is 42.4. The molecule has 35 nitrogen and oxygen atoms in total. The molecule has 1 aromatic heterocycles. The van der Waals surface area contributed by atoms with E-state index in [9.17, 15) is 62.7 Å². The van der Waals surface area contributed by atoms with Gasteiger partial charge in [-0.1, -0.05) is 170 Å². The Morgan fingerprint density at radius 2 is 0.937 bits per heavy atom. The highest BCUT2D eigenvalue weighted by atomic mass is 35.5. The molecule has 0 radical (unpaired) electrons. The number of aryl methyl sites for hydroxylation is 1. The van der Waals surface area contributed by atoms with E-state index < -0.39 is 58.4 Å². The number of hydrogen-bond acceptors (Lipinski definition) is 26. The largest absolute Gasteiger partial charge is 0.481 e. The number of unbranched alkanes of at least 4 members (excludes halogenated alkanes) is 4. The summed E-state index contributed by atoms with van der Waals surface area (Å²) in [5.41, 5.74) is 10.9. The van der Waals surface area contributed by atoms with E-state index in [4.69, 9.17) is 75.6 Å². The smallest absolute Gasteiger partial charge is 0.407 e. The fraction of sp³-hybridized carbons (Fsp3) is 0.444. The Bertz CT molecular complexity index is 4770. The molecule has 5 aliphatic heterocycles. The van der Waals surface area contributed by atoms with E-state index in [0.29, 0.717) is 137 Å². The molecular formula is C90H115ClN10O25. The number of carbonyl (C=O) groups is 11. The third kappa shape index (κ3) is 30.8. The summed E-state index contributed by atoms with van der Waals surface area (Å²) < 4.78 is 38.9. The zero-order valence-corrected chi connectivity index (χ0v) is 72.8. The van der Waals surface area contributed by atoms with E-state index in [0.717, 1.165) is 91.6 Å². The standard InChI is InChI=1S/C22H28N2O4.C20H27N3O6.C15H21NO4.C13H10ClNO4.C13H13NO5.C7H16N2O2/c1-2-3-14-21(23-22(26)27-16-19-10-6-4-7-11-19)15-24(18-25)28-17-20-12-8-5-9-13-20;1-3-5-6-13(9-23(27)11-24)21-20(26)15-10-22(4-2)16-8-18-17(28-12-29-18)7-14(16)19(15)25;1-2-3-9-14(15(18)19)10-16(12-17)20-11-13-7-5-4-6-8-13;1-2-15-5-8(13(14)17)12(16)7-3-10-11(4-9(7)15)19-6-18-10;1-2-14-5-8(13(16)17)12(15)7-3-10-11(4-9(7)14)19-6-18-10;1-2-3-4-7(8)5-9(11)6-10/h4-13,18,21H,2-3,14-17H2,1H3,(H,23,26);7-8,11,13,15,27H,3-6,9-10,12H2,1-2H3,(H,21,26);4-8,12,14H,2-3,9-11H2,1H3,(H,18,19);3-5H,2,6H2,1H3;3-4,8H,2,5-6H2,1H3,(H,16,17);6-7,11H,2-5,8H2,1H3/t21-;13-,15?;14-;;;7-/m111..1/s1. The zero-order chi connectivity index (χ0) is 91.6. The number of alkyl carbamates (subject to hydrolysis) is 1. The van der Waals surface area contributed by atoms with Gasteiger partial charge in [0.05, 0.1) is 66.0 Å². The Labute approximate surface area is 736 Å². The number of nitrogens with one attached hydrogen (secondary N) is 2. The number of carboxylic acid groups (broad SMARTS) is 2. The van der Waals surface area contributed by atoms with Gasteiger partial charge in [0.15, 0.2) is 46.1 Å². The van der Waals surface area contributed by atoms with Crippen molar-refractivity contribution in [3.05, 3.63) is 177 Å². The zero-order valence-electron chi connectivity index (χ0n) is 72.0. The van der Waals surface area contributed by atoms with Crippen LogP contribution in [0, 0.1) is 17.8 Å². The lowest BCUT2D eigenvalue weighted by molar-refractivity contribution is -0.184. The van der Waals surface area contributed by atoms with Gasteiger partial charge in [-0.15, -0.1) is 0 Å². The van der Waals surface area contributed by atoms with Gasteiger partial charge in [0.2, 0.25) is 57.4 Å². The van der Waals surface area contributed by atoms with Crippen LogP contribution >= 0.6 is 11.6 Å². The van der Waals surface area contributed by atoms with E-state index >= 15 is 0 Å². The molecule has 8 N–H and O–H groups in total. The fourth-order valence-electron chi connectivity index (χ4n) is 13.7. The van der Waals surface area contributed by atoms with E-state index in [1.807, 2.05) is 135 Å². The minimum absolute atomic E-state index is 0.0249. The molecule has 6 heterocycles. The summed E-state index contributed by atoms with van der Waals surface area (Å²) in [5, 5.41) is 45.2. The van der Waals surface area contributed by atoms with Gasteiger partial charge >= 0.3 is 18.0 Å². The van der Waals surface area contributed by atoms with Crippen LogP contribution in [0.25, 0.3) is 10.9 Å². The topological polar surface area (TPSA) is 443 Å². The second kappa shape index (κ2) is 53.0. The molecule has 36 heteroatoms. The van der Waals surface area contributed by atoms with Crippen molar-refractivity contribution in [2.24, 2.45) is 23.5 Å². The maximum Gasteiger partial charge on any atom is 0.407 e. The predicted molar refractivity (Wildman–Crippen MR) is 464 cm³/mol. The number of benzene rings is 6. The van der Waals surface area contributed by atoms with E-state index in [2.05, 4.69) is 24.5 Å². The van der Waals surface area contributed by atoms with Crippen LogP contribution in [0.15, 0.2) is 138 Å². The summed E-state index contributed by atoms with van der Waals surface area (Å²) in [5.74, 6) is -2.24. The maximum atomic E-state index is 13.1. The first-order chi connectivity index (χ1) is 60.8. The average Bonchev–Trinajstić information content (AvgIpc) is 1.42. The van der Waals surface area contributed by atoms with Gasteiger partial charge in [-0.05, 0) is 92.9 Å². The number of pyridine rings is 1. The van der Waals surface area contributed by atoms with Crippen LogP contribution in [-0.4, -0.2) is 203 Å². The molecule has 126 heavy (non-hydrogen) atoms. The van der Waals surface area contributed by atoms with Gasteiger partial charge in [-0.2, -0.15) is 0 Å². The predicted octanol–water partition coefficient (Wildman–Crippen LogP) is 11.7. The van der Waals surface area contributed by atoms with Crippen LogP contribution in [0.4, 0.5) is 16.2 Å². The van der Waals surface area contributed by atoms with Crippen LogP contribution in [0.3, 0.4) is 0 Å². The molecule has 6 atom stereocenters. The highest BCUT2D eigenvalue weighted by molar-refractivity contribution is 6.67. The molecule has 0 saturated heterocycles. The molecule has 12 rings (SSSR count). The summed E-state index contributed by atoms with van der Waals surface area (Å²) in [6.45, 7) is 17.9. The Kier molecular flexibility index (Phi) is 42.4. The number of carboxylic acids is 2. The molecule has 7 aromatic rings. The summed E-state index contributed by atoms with van der Waals surface area (Å²) in [7, 11) is 0. The highest BCUT2D eigenvalue weighted by Gasteiger charge is 2.40. The van der Waals surface area contributed by atoms with Crippen LogP contribution in [-0.2, 0) is 74.3 Å². The molecular weight excluding hydrogens is 1660 g/mol. The van der Waals surface area contributed by atoms with Crippen LogP contribution in [0.1, 0.15) is 173 Å². The van der Waals surface area contributed by atoms with Gasteiger partial charge in [0, 0.05) is 80.3 Å². The van der Waals surface area contributed by atoms with Gasteiger partial charge < -0.3 is 74.1 Å². The Morgan fingerprint density at radius 1 is 0.516 bits per heavy atom. The number of anilines is 2. The Balaban J connectivity index is 0.000000212. The highest BCUT2D eigenvalue weighted by Crippen LogP contribution is 2.44. The first-order valence-electron chi connectivity index (χ1n) is 42.0. The van der Waals surface area contributed by atoms with Gasteiger partial charge in [0.1, 0.15) is 31.7 Å². The molecule has 0 aliphatic carbocycles. The molecule has 0 spiro atoms. The Morgan fingerprint density at radius 3 is 1.38 bits per heavy atom. The molecule has 682 valence electrons.